The van der Waals surface area contributed by atoms with Crippen molar-refractivity contribution in [1.29, 1.82) is 0 Å². The number of aromatic nitrogens is 1. The van der Waals surface area contributed by atoms with Crippen LogP contribution in [0.3, 0.4) is 0 Å². The number of hydrogen-bond acceptors (Lipinski definition) is 2. The van der Waals surface area contributed by atoms with Gasteiger partial charge in [-0.2, -0.15) is 0 Å². The Hall–Kier alpha value is -2.07. The number of benzene rings is 1. The van der Waals surface area contributed by atoms with Crippen LogP contribution in [-0.4, -0.2) is 15.6 Å². The van der Waals surface area contributed by atoms with Gasteiger partial charge in [-0.1, -0.05) is 17.7 Å². The summed E-state index contributed by atoms with van der Waals surface area (Å²) >= 11 is 5.89. The van der Waals surface area contributed by atoms with Gasteiger partial charge in [0.05, 0.1) is 5.69 Å². The molecule has 18 heavy (non-hydrogen) atoms. The van der Waals surface area contributed by atoms with Crippen molar-refractivity contribution in [3.8, 4) is 5.69 Å². The molecule has 0 aliphatic carbocycles. The zero-order valence-electron chi connectivity index (χ0n) is 9.55. The Morgan fingerprint density at radius 1 is 1.33 bits per heavy atom. The van der Waals surface area contributed by atoms with Crippen molar-refractivity contribution in [3.63, 3.8) is 0 Å². The van der Waals surface area contributed by atoms with E-state index in [-0.39, 0.29) is 5.56 Å². The fourth-order valence-corrected chi connectivity index (χ4v) is 1.85. The van der Waals surface area contributed by atoms with Crippen molar-refractivity contribution in [2.45, 2.75) is 6.92 Å². The quantitative estimate of drug-likeness (QED) is 0.906. The van der Waals surface area contributed by atoms with Gasteiger partial charge >= 0.3 is 5.97 Å². The molecule has 4 nitrogen and oxygen atoms in total. The van der Waals surface area contributed by atoms with Crippen molar-refractivity contribution in [3.05, 3.63) is 63.0 Å². The molecule has 0 aliphatic rings. The maximum Gasteiger partial charge on any atom is 0.341 e. The highest BCUT2D eigenvalue weighted by atomic mass is 35.5. The molecule has 1 aromatic carbocycles. The van der Waals surface area contributed by atoms with E-state index in [1.165, 1.54) is 22.9 Å². The van der Waals surface area contributed by atoms with E-state index in [4.69, 9.17) is 16.7 Å². The average molecular weight is 264 g/mol. The summed E-state index contributed by atoms with van der Waals surface area (Å²) in [5, 5.41) is 9.41. The number of aryl methyl sites for hydroxylation is 1. The van der Waals surface area contributed by atoms with E-state index in [1.54, 1.807) is 18.2 Å². The Labute approximate surface area is 108 Å². The minimum atomic E-state index is -1.24. The lowest BCUT2D eigenvalue weighted by molar-refractivity contribution is 0.0694. The molecule has 0 aliphatic heterocycles. The summed E-state index contributed by atoms with van der Waals surface area (Å²) in [4.78, 5) is 22.9. The van der Waals surface area contributed by atoms with Crippen molar-refractivity contribution < 1.29 is 9.90 Å². The van der Waals surface area contributed by atoms with E-state index in [2.05, 4.69) is 0 Å². The lowest BCUT2D eigenvalue weighted by atomic mass is 10.2. The van der Waals surface area contributed by atoms with Gasteiger partial charge in [-0.3, -0.25) is 9.36 Å². The van der Waals surface area contributed by atoms with Crippen LogP contribution in [0.1, 0.15) is 15.9 Å². The van der Waals surface area contributed by atoms with E-state index < -0.39 is 11.5 Å². The minimum Gasteiger partial charge on any atom is -0.477 e. The van der Waals surface area contributed by atoms with Gasteiger partial charge < -0.3 is 5.11 Å². The Morgan fingerprint density at radius 3 is 2.72 bits per heavy atom. The molecule has 5 heteroatoms. The first-order chi connectivity index (χ1) is 8.50. The summed E-state index contributed by atoms with van der Waals surface area (Å²) in [6.45, 7) is 1.82. The number of carboxylic acid groups (broad SMARTS) is 1. The third kappa shape index (κ3) is 2.15. The van der Waals surface area contributed by atoms with Crippen LogP contribution in [0.15, 0.2) is 41.3 Å². The van der Waals surface area contributed by atoms with Crippen molar-refractivity contribution in [2.75, 3.05) is 0 Å². The first kappa shape index (κ1) is 12.4. The van der Waals surface area contributed by atoms with Crippen LogP contribution >= 0.6 is 11.6 Å². The smallest absolute Gasteiger partial charge is 0.341 e. The number of carbonyl (C=O) groups is 1. The van der Waals surface area contributed by atoms with Gasteiger partial charge in [-0.25, -0.2) is 4.79 Å². The second kappa shape index (κ2) is 4.66. The second-order valence-electron chi connectivity index (χ2n) is 3.83. The van der Waals surface area contributed by atoms with Gasteiger partial charge in [0.15, 0.2) is 0 Å². The lowest BCUT2D eigenvalue weighted by Gasteiger charge is -2.10. The summed E-state index contributed by atoms with van der Waals surface area (Å²) in [7, 11) is 0. The summed E-state index contributed by atoms with van der Waals surface area (Å²) in [6.07, 6.45) is 1.52. The fourth-order valence-electron chi connectivity index (χ4n) is 1.69. The van der Waals surface area contributed by atoms with E-state index >= 15 is 0 Å². The van der Waals surface area contributed by atoms with E-state index in [9.17, 15) is 9.59 Å². The van der Waals surface area contributed by atoms with E-state index in [0.29, 0.717) is 10.7 Å². The predicted molar refractivity (Wildman–Crippen MR) is 68.7 cm³/mol. The van der Waals surface area contributed by atoms with E-state index in [1.807, 2.05) is 6.92 Å². The molecule has 0 radical (unpaired) electrons. The molecule has 0 spiro atoms. The zero-order chi connectivity index (χ0) is 13.3. The monoisotopic (exact) mass is 263 g/mol. The molecule has 1 N–H and O–H groups in total. The maximum absolute atomic E-state index is 12.0. The minimum absolute atomic E-state index is 0.267. The highest BCUT2D eigenvalue weighted by Gasteiger charge is 2.12. The van der Waals surface area contributed by atoms with Gasteiger partial charge in [0.25, 0.3) is 5.56 Å². The highest BCUT2D eigenvalue weighted by Crippen LogP contribution is 2.18. The van der Waals surface area contributed by atoms with Crippen LogP contribution in [-0.2, 0) is 0 Å². The van der Waals surface area contributed by atoms with Gasteiger partial charge in [0, 0.05) is 11.2 Å². The first-order valence-electron chi connectivity index (χ1n) is 5.22. The lowest BCUT2D eigenvalue weighted by Crippen LogP contribution is -2.24. The molecule has 0 fully saturated rings. The third-order valence-electron chi connectivity index (χ3n) is 2.61. The van der Waals surface area contributed by atoms with Crippen molar-refractivity contribution in [2.24, 2.45) is 0 Å². The van der Waals surface area contributed by atoms with Crippen molar-refractivity contribution >= 4 is 17.6 Å². The van der Waals surface area contributed by atoms with Crippen LogP contribution in [0.25, 0.3) is 5.69 Å². The molecule has 92 valence electrons. The Bertz CT molecular complexity index is 676. The van der Waals surface area contributed by atoms with Gasteiger partial charge in [-0.05, 0) is 36.8 Å². The number of nitrogens with zero attached hydrogens (tertiary/aromatic N) is 1. The van der Waals surface area contributed by atoms with Gasteiger partial charge in [0.2, 0.25) is 0 Å². The number of aromatic carboxylic acids is 1. The molecule has 2 rings (SSSR count). The Morgan fingerprint density at radius 2 is 2.06 bits per heavy atom. The summed E-state index contributed by atoms with van der Waals surface area (Å²) < 4.78 is 1.28. The Kier molecular flexibility index (Phi) is 3.21. The van der Waals surface area contributed by atoms with Crippen LogP contribution in [0.2, 0.25) is 5.02 Å². The molecule has 1 heterocycles. The Balaban J connectivity index is 2.72. The molecule has 0 saturated carbocycles. The molecule has 0 saturated heterocycles. The topological polar surface area (TPSA) is 59.3 Å². The molecule has 2 aromatic rings. The number of carboxylic acids is 1. The standard InChI is InChI=1S/C13H10ClNO3/c1-8-4-5-9(14)7-11(8)15-6-2-3-10(12(15)16)13(17)18/h2-7H,1H3,(H,17,18). The zero-order valence-corrected chi connectivity index (χ0v) is 10.3. The van der Waals surface area contributed by atoms with Crippen LogP contribution < -0.4 is 5.56 Å². The van der Waals surface area contributed by atoms with Crippen LogP contribution in [0.4, 0.5) is 0 Å². The normalized spacial score (nSPS) is 10.3. The number of hydrogen-bond donors (Lipinski definition) is 1. The summed E-state index contributed by atoms with van der Waals surface area (Å²) in [5.74, 6) is -1.24. The van der Waals surface area contributed by atoms with Gasteiger partial charge in [-0.15, -0.1) is 0 Å². The van der Waals surface area contributed by atoms with Gasteiger partial charge in [0.1, 0.15) is 5.56 Å². The third-order valence-corrected chi connectivity index (χ3v) is 2.84. The fraction of sp³-hybridized carbons (Fsp3) is 0.0769. The molecule has 0 atom stereocenters. The number of pyridine rings is 1. The highest BCUT2D eigenvalue weighted by molar-refractivity contribution is 6.30. The molecule has 0 unspecified atom stereocenters. The molecule has 0 amide bonds. The van der Waals surface area contributed by atoms with Crippen molar-refractivity contribution in [1.82, 2.24) is 4.57 Å². The summed E-state index contributed by atoms with van der Waals surface area (Å²) in [5.41, 5.74) is 0.576. The average Bonchev–Trinajstić information content (AvgIpc) is 2.32. The molecule has 1 aromatic heterocycles. The summed E-state index contributed by atoms with van der Waals surface area (Å²) in [6, 6.07) is 7.92. The van der Waals surface area contributed by atoms with Crippen LogP contribution in [0, 0.1) is 6.92 Å². The van der Waals surface area contributed by atoms with Crippen LogP contribution in [0.5, 0.6) is 0 Å². The molecular weight excluding hydrogens is 254 g/mol. The van der Waals surface area contributed by atoms with E-state index in [0.717, 1.165) is 5.56 Å². The second-order valence-corrected chi connectivity index (χ2v) is 4.27. The predicted octanol–water partition coefficient (Wildman–Crippen LogP) is 2.50. The first-order valence-corrected chi connectivity index (χ1v) is 5.60. The maximum atomic E-state index is 12.0. The SMILES string of the molecule is Cc1ccc(Cl)cc1-n1cccc(C(=O)O)c1=O. The number of rotatable bonds is 2. The number of halogens is 1. The molecular formula is C13H10ClNO3. The largest absolute Gasteiger partial charge is 0.477 e. The molecule has 0 bridgehead atoms.